The van der Waals surface area contributed by atoms with Gasteiger partial charge in [-0.15, -0.1) is 0 Å². The van der Waals surface area contributed by atoms with Gasteiger partial charge in [-0.2, -0.15) is 48.3 Å². The van der Waals surface area contributed by atoms with Crippen LogP contribution in [0.25, 0.3) is 0 Å². The molecule has 164 valence electrons. The van der Waals surface area contributed by atoms with Crippen LogP contribution in [0.3, 0.4) is 0 Å². The maximum absolute atomic E-state index is 13.4. The molecule has 0 aliphatic rings. The summed E-state index contributed by atoms with van der Waals surface area (Å²) in [5.41, 5.74) is -0.359. The Hall–Kier alpha value is -2.29. The van der Waals surface area contributed by atoms with Gasteiger partial charge >= 0.3 is 30.6 Å². The molecule has 0 saturated heterocycles. The summed E-state index contributed by atoms with van der Waals surface area (Å²) in [5, 5.41) is 0. The SMILES string of the molecule is O=C(CC(=O)C(F)(F)OC(F)(F)C(F)(F)OC(F)(F)C(F)(F)F)c1ccccc1. The summed E-state index contributed by atoms with van der Waals surface area (Å²) in [6.45, 7) is 0. The van der Waals surface area contributed by atoms with E-state index in [2.05, 4.69) is 4.74 Å². The third-order valence-electron chi connectivity index (χ3n) is 2.92. The summed E-state index contributed by atoms with van der Waals surface area (Å²) in [7, 11) is 0. The van der Waals surface area contributed by atoms with Crippen molar-refractivity contribution in [1.82, 2.24) is 0 Å². The molecule has 0 aromatic heterocycles. The highest BCUT2D eigenvalue weighted by molar-refractivity contribution is 6.09. The lowest BCUT2D eigenvalue weighted by Crippen LogP contribution is -2.55. The summed E-state index contributed by atoms with van der Waals surface area (Å²) >= 11 is 0. The van der Waals surface area contributed by atoms with Gasteiger partial charge in [-0.05, 0) is 0 Å². The molecule has 1 aromatic carbocycles. The van der Waals surface area contributed by atoms with E-state index >= 15 is 0 Å². The second kappa shape index (κ2) is 7.85. The molecule has 15 heteroatoms. The van der Waals surface area contributed by atoms with E-state index in [9.17, 15) is 57.9 Å². The van der Waals surface area contributed by atoms with E-state index in [1.165, 1.54) is 18.2 Å². The van der Waals surface area contributed by atoms with Crippen LogP contribution in [-0.2, 0) is 14.3 Å². The molecule has 29 heavy (non-hydrogen) atoms. The maximum Gasteiger partial charge on any atom is 0.483 e. The number of rotatable bonds is 9. The molecule has 0 N–H and O–H groups in total. The monoisotopic (exact) mass is 448 g/mol. The molecule has 0 amide bonds. The third-order valence-corrected chi connectivity index (χ3v) is 2.92. The largest absolute Gasteiger partial charge is 0.483 e. The molecule has 0 heterocycles. The minimum absolute atomic E-state index is 0.359. The Balaban J connectivity index is 2.96. The first-order chi connectivity index (χ1) is 12.8. The lowest BCUT2D eigenvalue weighted by atomic mass is 10.1. The second-order valence-electron chi connectivity index (χ2n) is 5.16. The fraction of sp³-hybridized carbons (Fsp3) is 0.429. The van der Waals surface area contributed by atoms with E-state index in [0.29, 0.717) is 0 Å². The number of hydrogen-bond acceptors (Lipinski definition) is 4. The van der Waals surface area contributed by atoms with Gasteiger partial charge in [0.15, 0.2) is 5.78 Å². The van der Waals surface area contributed by atoms with Crippen LogP contribution in [0.1, 0.15) is 16.8 Å². The Labute approximate surface area is 153 Å². The minimum atomic E-state index is -6.96. The van der Waals surface area contributed by atoms with Gasteiger partial charge < -0.3 is 0 Å². The Morgan fingerprint density at radius 1 is 0.690 bits per heavy atom. The molecule has 1 rings (SSSR count). The van der Waals surface area contributed by atoms with Crippen LogP contribution < -0.4 is 0 Å². The number of ether oxygens (including phenoxy) is 2. The summed E-state index contributed by atoms with van der Waals surface area (Å²) < 4.78 is 143. The van der Waals surface area contributed by atoms with E-state index in [4.69, 9.17) is 0 Å². The third kappa shape index (κ3) is 5.85. The van der Waals surface area contributed by atoms with E-state index in [1.54, 1.807) is 4.74 Å². The molecule has 0 spiro atoms. The lowest BCUT2D eigenvalue weighted by molar-refractivity contribution is -0.532. The molecular formula is C14H7F11O4. The van der Waals surface area contributed by atoms with E-state index < -0.39 is 48.6 Å². The van der Waals surface area contributed by atoms with E-state index in [0.717, 1.165) is 12.1 Å². The van der Waals surface area contributed by atoms with Crippen LogP contribution in [-0.4, -0.2) is 42.2 Å². The molecule has 0 saturated carbocycles. The average molecular weight is 448 g/mol. The highest BCUT2D eigenvalue weighted by atomic mass is 19.4. The fourth-order valence-electron chi connectivity index (χ4n) is 1.53. The molecule has 0 aliphatic carbocycles. The second-order valence-corrected chi connectivity index (χ2v) is 5.16. The van der Waals surface area contributed by atoms with Crippen LogP contribution in [0.2, 0.25) is 0 Å². The number of ketones is 2. The zero-order valence-corrected chi connectivity index (χ0v) is 13.4. The zero-order chi connectivity index (χ0) is 22.9. The van der Waals surface area contributed by atoms with Crippen molar-refractivity contribution in [1.29, 1.82) is 0 Å². The van der Waals surface area contributed by atoms with Crippen LogP contribution in [0.5, 0.6) is 0 Å². The first kappa shape index (κ1) is 24.7. The summed E-state index contributed by atoms with van der Waals surface area (Å²) in [6, 6.07) is 5.85. The number of alkyl halides is 11. The van der Waals surface area contributed by atoms with Gasteiger partial charge in [-0.25, -0.2) is 9.47 Å². The summed E-state index contributed by atoms with van der Waals surface area (Å²) in [5.74, 6) is -4.18. The molecule has 0 aliphatic heterocycles. The van der Waals surface area contributed by atoms with Crippen molar-refractivity contribution in [3.8, 4) is 0 Å². The molecule has 0 unspecified atom stereocenters. The van der Waals surface area contributed by atoms with Crippen molar-refractivity contribution in [3.63, 3.8) is 0 Å². The summed E-state index contributed by atoms with van der Waals surface area (Å²) in [6.07, 6.45) is -35.3. The van der Waals surface area contributed by atoms with Crippen LogP contribution in [0.4, 0.5) is 48.3 Å². The predicted molar refractivity (Wildman–Crippen MR) is 68.4 cm³/mol. The maximum atomic E-state index is 13.4. The number of hydrogen-bond donors (Lipinski definition) is 0. The first-order valence-electron chi connectivity index (χ1n) is 6.92. The van der Waals surface area contributed by atoms with Crippen LogP contribution in [0, 0.1) is 0 Å². The highest BCUT2D eigenvalue weighted by Crippen LogP contribution is 2.47. The lowest BCUT2D eigenvalue weighted by Gasteiger charge is -2.31. The van der Waals surface area contributed by atoms with Crippen molar-refractivity contribution in [2.45, 2.75) is 37.0 Å². The van der Waals surface area contributed by atoms with Gasteiger partial charge in [0.2, 0.25) is 5.78 Å². The number of benzene rings is 1. The number of carbonyl (C=O) groups is 2. The molecule has 0 fully saturated rings. The van der Waals surface area contributed by atoms with E-state index in [-0.39, 0.29) is 5.56 Å². The number of Topliss-reactive ketones (excluding diaryl/α,β-unsaturated/α-hetero) is 2. The predicted octanol–water partition coefficient (Wildman–Crippen LogP) is 4.80. The molecular weight excluding hydrogens is 441 g/mol. The van der Waals surface area contributed by atoms with Gasteiger partial charge in [0.1, 0.15) is 0 Å². The van der Waals surface area contributed by atoms with Gasteiger partial charge in [0.25, 0.3) is 0 Å². The van der Waals surface area contributed by atoms with E-state index in [1.807, 2.05) is 0 Å². The molecule has 0 atom stereocenters. The standard InChI is InChI=1S/C14H7F11O4/c15-10(16,9(27)6-8(26)7-4-2-1-3-5-7)28-13(22,23)14(24,25)29-12(20,21)11(17,18)19/h1-5H,6H2. The smallest absolute Gasteiger partial charge is 0.294 e. The molecule has 0 radical (unpaired) electrons. The van der Waals surface area contributed by atoms with Gasteiger partial charge in [0, 0.05) is 5.56 Å². The fourth-order valence-corrected chi connectivity index (χ4v) is 1.53. The van der Waals surface area contributed by atoms with Crippen molar-refractivity contribution in [3.05, 3.63) is 35.9 Å². The van der Waals surface area contributed by atoms with Crippen LogP contribution >= 0.6 is 0 Å². The topological polar surface area (TPSA) is 52.6 Å². The normalized spacial score (nSPS) is 14.0. The number of halogens is 11. The van der Waals surface area contributed by atoms with Crippen molar-refractivity contribution in [2.24, 2.45) is 0 Å². The van der Waals surface area contributed by atoms with Crippen molar-refractivity contribution >= 4 is 11.6 Å². The highest BCUT2D eigenvalue weighted by Gasteiger charge is 2.73. The molecule has 0 bridgehead atoms. The molecule has 1 aromatic rings. The first-order valence-corrected chi connectivity index (χ1v) is 6.92. The Morgan fingerprint density at radius 2 is 1.14 bits per heavy atom. The van der Waals surface area contributed by atoms with Crippen molar-refractivity contribution in [2.75, 3.05) is 0 Å². The van der Waals surface area contributed by atoms with Gasteiger partial charge in [-0.3, -0.25) is 9.59 Å². The quantitative estimate of drug-likeness (QED) is 0.310. The zero-order valence-electron chi connectivity index (χ0n) is 13.4. The van der Waals surface area contributed by atoms with Gasteiger partial charge in [-0.1, -0.05) is 30.3 Å². The Kier molecular flexibility index (Phi) is 6.70. The number of carbonyl (C=O) groups excluding carboxylic acids is 2. The molecule has 4 nitrogen and oxygen atoms in total. The minimum Gasteiger partial charge on any atom is -0.294 e. The Morgan fingerprint density at radius 3 is 1.59 bits per heavy atom. The van der Waals surface area contributed by atoms with Gasteiger partial charge in [0.05, 0.1) is 6.42 Å². The van der Waals surface area contributed by atoms with Crippen molar-refractivity contribution < 1.29 is 67.4 Å². The average Bonchev–Trinajstić information content (AvgIpc) is 2.52. The Bertz CT molecular complexity index is 744. The van der Waals surface area contributed by atoms with Crippen LogP contribution in [0.15, 0.2) is 30.3 Å². The summed E-state index contributed by atoms with van der Waals surface area (Å²) in [4.78, 5) is 22.8.